The van der Waals surface area contributed by atoms with Crippen LogP contribution in [0.25, 0.3) is 11.5 Å². The fourth-order valence-corrected chi connectivity index (χ4v) is 2.31. The van der Waals surface area contributed by atoms with Gasteiger partial charge >= 0.3 is 6.18 Å². The Balaban J connectivity index is 1.66. The van der Waals surface area contributed by atoms with Crippen LogP contribution in [-0.4, -0.2) is 22.2 Å². The number of aromatic nitrogens is 2. The molecular weight excluding hydrogens is 363 g/mol. The van der Waals surface area contributed by atoms with Crippen LogP contribution in [-0.2, 0) is 11.0 Å². The molecule has 2 aromatic carbocycles. The smallest absolute Gasteiger partial charge is 0.418 e. The van der Waals surface area contributed by atoms with E-state index < -0.39 is 23.8 Å². The van der Waals surface area contributed by atoms with Gasteiger partial charge in [0.15, 0.2) is 6.10 Å². The Morgan fingerprint density at radius 2 is 1.85 bits per heavy atom. The Morgan fingerprint density at radius 3 is 2.48 bits per heavy atom. The zero-order valence-electron chi connectivity index (χ0n) is 14.0. The first-order valence-corrected chi connectivity index (χ1v) is 7.85. The van der Waals surface area contributed by atoms with E-state index in [0.717, 1.165) is 6.07 Å². The van der Waals surface area contributed by atoms with E-state index in [-0.39, 0.29) is 5.69 Å². The average molecular weight is 377 g/mol. The summed E-state index contributed by atoms with van der Waals surface area (Å²) in [5.74, 6) is -0.00574. The molecule has 6 nitrogen and oxygen atoms in total. The van der Waals surface area contributed by atoms with Crippen molar-refractivity contribution in [3.63, 3.8) is 0 Å². The van der Waals surface area contributed by atoms with Crippen molar-refractivity contribution in [3.05, 3.63) is 60.5 Å². The summed E-state index contributed by atoms with van der Waals surface area (Å²) < 4.78 is 49.6. The van der Waals surface area contributed by atoms with Crippen LogP contribution in [0.15, 0.2) is 59.3 Å². The first-order chi connectivity index (χ1) is 12.8. The Hall–Kier alpha value is -3.36. The van der Waals surface area contributed by atoms with Crippen molar-refractivity contribution >= 4 is 11.6 Å². The van der Waals surface area contributed by atoms with Gasteiger partial charge in [-0.15, -0.1) is 10.2 Å². The van der Waals surface area contributed by atoms with E-state index in [4.69, 9.17) is 9.15 Å². The Bertz CT molecular complexity index is 910. The van der Waals surface area contributed by atoms with Crippen molar-refractivity contribution in [3.8, 4) is 17.2 Å². The van der Waals surface area contributed by atoms with E-state index in [0.29, 0.717) is 17.2 Å². The van der Waals surface area contributed by atoms with E-state index in [2.05, 4.69) is 15.5 Å². The summed E-state index contributed by atoms with van der Waals surface area (Å²) in [4.78, 5) is 12.2. The van der Waals surface area contributed by atoms with Crippen molar-refractivity contribution in [1.82, 2.24) is 10.2 Å². The highest BCUT2D eigenvalue weighted by Crippen LogP contribution is 2.34. The minimum absolute atomic E-state index is 0.322. The van der Waals surface area contributed by atoms with Crippen LogP contribution in [0.2, 0.25) is 0 Å². The maximum atomic E-state index is 13.0. The molecular formula is C18H14F3N3O3. The lowest BCUT2D eigenvalue weighted by molar-refractivity contribution is -0.137. The molecule has 1 atom stereocenters. The number of ether oxygens (including phenoxy) is 1. The van der Waals surface area contributed by atoms with Gasteiger partial charge < -0.3 is 14.5 Å². The maximum absolute atomic E-state index is 13.0. The number of hydrogen-bond acceptors (Lipinski definition) is 5. The minimum Gasteiger partial charge on any atom is -0.481 e. The zero-order chi connectivity index (χ0) is 19.4. The molecule has 0 saturated carbocycles. The van der Waals surface area contributed by atoms with Crippen LogP contribution >= 0.6 is 0 Å². The number of nitrogens with zero attached hydrogens (tertiary/aromatic N) is 2. The zero-order valence-corrected chi connectivity index (χ0v) is 14.0. The molecule has 0 bridgehead atoms. The van der Waals surface area contributed by atoms with Crippen LogP contribution in [0.3, 0.4) is 0 Å². The molecule has 1 aromatic heterocycles. The standard InChI is InChI=1S/C18H14F3N3O3/c1-11(16(25)23-15-5-3-2-4-14(15)18(19,20)21)27-13-8-6-12(7-9-13)17-24-22-10-26-17/h2-11H,1H3,(H,23,25). The fraction of sp³-hybridized carbons (Fsp3) is 0.167. The second-order valence-electron chi connectivity index (χ2n) is 5.56. The first kappa shape index (κ1) is 18.4. The highest BCUT2D eigenvalue weighted by molar-refractivity contribution is 5.94. The third-order valence-corrected chi connectivity index (χ3v) is 3.63. The number of anilines is 1. The summed E-state index contributed by atoms with van der Waals surface area (Å²) >= 11 is 0. The molecule has 0 radical (unpaired) electrons. The molecule has 0 spiro atoms. The van der Waals surface area contributed by atoms with E-state index in [1.807, 2.05) is 0 Å². The van der Waals surface area contributed by atoms with Gasteiger partial charge in [-0.25, -0.2) is 0 Å². The predicted molar refractivity (Wildman–Crippen MR) is 89.9 cm³/mol. The van der Waals surface area contributed by atoms with Gasteiger partial charge in [-0.1, -0.05) is 12.1 Å². The third-order valence-electron chi connectivity index (χ3n) is 3.63. The van der Waals surface area contributed by atoms with E-state index in [1.165, 1.54) is 31.5 Å². The lowest BCUT2D eigenvalue weighted by Gasteiger charge is -2.17. The molecule has 1 N–H and O–H groups in total. The van der Waals surface area contributed by atoms with Crippen molar-refractivity contribution < 1.29 is 27.1 Å². The van der Waals surface area contributed by atoms with Crippen molar-refractivity contribution in [2.45, 2.75) is 19.2 Å². The topological polar surface area (TPSA) is 77.2 Å². The van der Waals surface area contributed by atoms with Gasteiger partial charge in [-0.3, -0.25) is 4.79 Å². The van der Waals surface area contributed by atoms with Crippen molar-refractivity contribution in [2.75, 3.05) is 5.32 Å². The summed E-state index contributed by atoms with van der Waals surface area (Å²) in [6, 6.07) is 11.2. The molecule has 1 amide bonds. The molecule has 0 aliphatic heterocycles. The summed E-state index contributed by atoms with van der Waals surface area (Å²) in [5.41, 5.74) is -0.581. The van der Waals surface area contributed by atoms with Crippen LogP contribution in [0.1, 0.15) is 12.5 Å². The number of halogens is 3. The molecule has 3 rings (SSSR count). The summed E-state index contributed by atoms with van der Waals surface area (Å²) in [5, 5.41) is 9.60. The molecule has 27 heavy (non-hydrogen) atoms. The number of alkyl halides is 3. The van der Waals surface area contributed by atoms with Crippen LogP contribution < -0.4 is 10.1 Å². The van der Waals surface area contributed by atoms with Gasteiger partial charge in [0.1, 0.15) is 5.75 Å². The molecule has 1 heterocycles. The van der Waals surface area contributed by atoms with Crippen LogP contribution in [0, 0.1) is 0 Å². The van der Waals surface area contributed by atoms with Crippen molar-refractivity contribution in [1.29, 1.82) is 0 Å². The van der Waals surface area contributed by atoms with Gasteiger partial charge in [0.05, 0.1) is 11.3 Å². The van der Waals surface area contributed by atoms with Crippen molar-refractivity contribution in [2.24, 2.45) is 0 Å². The number of carbonyl (C=O) groups excluding carboxylic acids is 1. The number of benzene rings is 2. The predicted octanol–water partition coefficient (Wildman–Crippen LogP) is 4.16. The second-order valence-corrected chi connectivity index (χ2v) is 5.56. The molecule has 0 aliphatic rings. The highest BCUT2D eigenvalue weighted by atomic mass is 19.4. The molecule has 140 valence electrons. The Labute approximate surface area is 152 Å². The fourth-order valence-electron chi connectivity index (χ4n) is 2.31. The Morgan fingerprint density at radius 1 is 1.15 bits per heavy atom. The van der Waals surface area contributed by atoms with Gasteiger partial charge in [0, 0.05) is 5.56 Å². The van der Waals surface area contributed by atoms with E-state index >= 15 is 0 Å². The quantitative estimate of drug-likeness (QED) is 0.722. The number of rotatable bonds is 5. The average Bonchev–Trinajstić information content (AvgIpc) is 3.16. The summed E-state index contributed by atoms with van der Waals surface area (Å²) in [6.45, 7) is 1.44. The molecule has 0 fully saturated rings. The lowest BCUT2D eigenvalue weighted by Crippen LogP contribution is -2.31. The number of hydrogen-bond donors (Lipinski definition) is 1. The normalized spacial score (nSPS) is 12.4. The monoisotopic (exact) mass is 377 g/mol. The van der Waals surface area contributed by atoms with E-state index in [1.54, 1.807) is 24.3 Å². The van der Waals surface area contributed by atoms with Crippen LogP contribution in [0.5, 0.6) is 5.75 Å². The maximum Gasteiger partial charge on any atom is 0.418 e. The molecule has 1 unspecified atom stereocenters. The van der Waals surface area contributed by atoms with Gasteiger partial charge in [0.25, 0.3) is 5.91 Å². The third kappa shape index (κ3) is 4.43. The molecule has 9 heteroatoms. The number of nitrogens with one attached hydrogen (secondary N) is 1. The number of amides is 1. The second kappa shape index (κ2) is 7.48. The van der Waals surface area contributed by atoms with Gasteiger partial charge in [-0.2, -0.15) is 13.2 Å². The first-order valence-electron chi connectivity index (χ1n) is 7.85. The Kier molecular flexibility index (Phi) is 5.11. The SMILES string of the molecule is CC(Oc1ccc(-c2nnco2)cc1)C(=O)Nc1ccccc1C(F)(F)F. The minimum atomic E-state index is -4.57. The summed E-state index contributed by atoms with van der Waals surface area (Å²) in [7, 11) is 0. The molecule has 0 aliphatic carbocycles. The molecule has 3 aromatic rings. The lowest BCUT2D eigenvalue weighted by atomic mass is 10.1. The highest BCUT2D eigenvalue weighted by Gasteiger charge is 2.34. The van der Waals surface area contributed by atoms with E-state index in [9.17, 15) is 18.0 Å². The number of para-hydroxylation sites is 1. The summed E-state index contributed by atoms with van der Waals surface area (Å²) in [6.07, 6.45) is -4.38. The van der Waals surface area contributed by atoms with Gasteiger partial charge in [-0.05, 0) is 43.3 Å². The number of carbonyl (C=O) groups is 1. The largest absolute Gasteiger partial charge is 0.481 e. The van der Waals surface area contributed by atoms with Crippen LogP contribution in [0.4, 0.5) is 18.9 Å². The van der Waals surface area contributed by atoms with Gasteiger partial charge in [0.2, 0.25) is 12.3 Å². The molecule has 0 saturated heterocycles.